The molecule has 0 fully saturated rings. The first kappa shape index (κ1) is 18.8. The molecule has 0 radical (unpaired) electrons. The molecule has 1 N–H and O–H groups in total. The molecule has 152 valence electrons. The van der Waals surface area contributed by atoms with Crippen molar-refractivity contribution in [1.29, 1.82) is 0 Å². The largest absolute Gasteiger partial charge is 0.423 e. The molecule has 5 rings (SSSR count). The molecule has 2 aromatic heterocycles. The van der Waals surface area contributed by atoms with Gasteiger partial charge in [-0.15, -0.1) is 0 Å². The van der Waals surface area contributed by atoms with E-state index in [1.807, 2.05) is 54.6 Å². The molecule has 31 heavy (non-hydrogen) atoms. The third kappa shape index (κ3) is 3.83. The van der Waals surface area contributed by atoms with Gasteiger partial charge in [-0.25, -0.2) is 9.78 Å². The summed E-state index contributed by atoms with van der Waals surface area (Å²) in [4.78, 5) is 28.7. The van der Waals surface area contributed by atoms with E-state index < -0.39 is 5.63 Å². The number of carbonyl (C=O) groups excluding carboxylic acids is 1. The van der Waals surface area contributed by atoms with Gasteiger partial charge in [-0.2, -0.15) is 0 Å². The maximum absolute atomic E-state index is 12.6. The average molecular weight is 409 g/mol. The van der Waals surface area contributed by atoms with Gasteiger partial charge in [-0.1, -0.05) is 30.3 Å². The molecule has 0 bridgehead atoms. The third-order valence-electron chi connectivity index (χ3n) is 5.12. The summed E-state index contributed by atoms with van der Waals surface area (Å²) in [6.07, 6.45) is 0.788. The van der Waals surface area contributed by atoms with E-state index in [1.54, 1.807) is 24.3 Å². The van der Waals surface area contributed by atoms with Crippen molar-refractivity contribution in [2.75, 3.05) is 5.32 Å². The summed E-state index contributed by atoms with van der Waals surface area (Å²) in [5, 5.41) is 3.67. The number of carbonyl (C=O) groups is 1. The number of hydrogen-bond acceptors (Lipinski definition) is 4. The monoisotopic (exact) mass is 409 g/mol. The summed E-state index contributed by atoms with van der Waals surface area (Å²) < 4.78 is 7.23. The summed E-state index contributed by atoms with van der Waals surface area (Å²) in [5.74, 6) is 0.728. The maximum Gasteiger partial charge on any atom is 0.336 e. The molecule has 0 atom stereocenters. The number of rotatable bonds is 5. The lowest BCUT2D eigenvalue weighted by atomic mass is 10.2. The Bertz CT molecular complexity index is 1450. The lowest BCUT2D eigenvalue weighted by Crippen LogP contribution is -2.14. The highest BCUT2D eigenvalue weighted by atomic mass is 16.4. The number of nitrogens with one attached hydrogen (secondary N) is 1. The Kier molecular flexibility index (Phi) is 4.80. The molecule has 0 spiro atoms. The second-order valence-corrected chi connectivity index (χ2v) is 7.24. The number of aryl methyl sites for hydroxylation is 1. The highest BCUT2D eigenvalue weighted by Gasteiger charge is 2.14. The molecule has 6 heteroatoms. The van der Waals surface area contributed by atoms with Gasteiger partial charge in [0.1, 0.15) is 11.4 Å². The molecular weight excluding hydrogens is 390 g/mol. The SMILES string of the molecule is O=C(CCc1nc2ccccc2n1-c1ccccc1)Nc1ccc2oc(=O)ccc2c1. The van der Waals surface area contributed by atoms with Gasteiger partial charge in [0.2, 0.25) is 5.91 Å². The van der Waals surface area contributed by atoms with Crippen molar-refractivity contribution in [2.45, 2.75) is 12.8 Å². The van der Waals surface area contributed by atoms with E-state index in [1.165, 1.54) is 6.07 Å². The first-order valence-corrected chi connectivity index (χ1v) is 10.0. The number of hydrogen-bond donors (Lipinski definition) is 1. The van der Waals surface area contributed by atoms with Crippen molar-refractivity contribution in [2.24, 2.45) is 0 Å². The van der Waals surface area contributed by atoms with Gasteiger partial charge in [0.25, 0.3) is 0 Å². The molecule has 6 nitrogen and oxygen atoms in total. The van der Waals surface area contributed by atoms with Crippen LogP contribution in [-0.2, 0) is 11.2 Å². The molecule has 3 aromatic carbocycles. The Hall–Kier alpha value is -4.19. The first-order chi connectivity index (χ1) is 15.2. The molecule has 0 saturated heterocycles. The molecule has 2 heterocycles. The van der Waals surface area contributed by atoms with Gasteiger partial charge in [0.15, 0.2) is 0 Å². The van der Waals surface area contributed by atoms with Crippen molar-refractivity contribution >= 4 is 33.6 Å². The van der Waals surface area contributed by atoms with Gasteiger partial charge >= 0.3 is 5.63 Å². The van der Waals surface area contributed by atoms with Crippen LogP contribution in [0.4, 0.5) is 5.69 Å². The normalized spacial score (nSPS) is 11.1. The number of amides is 1. The maximum atomic E-state index is 12.6. The quantitative estimate of drug-likeness (QED) is 0.427. The number of nitrogens with zero attached hydrogens (tertiary/aromatic N) is 2. The Balaban J connectivity index is 1.37. The van der Waals surface area contributed by atoms with E-state index in [0.29, 0.717) is 17.7 Å². The van der Waals surface area contributed by atoms with Gasteiger partial charge in [-0.05, 0) is 48.5 Å². The van der Waals surface area contributed by atoms with Gasteiger partial charge < -0.3 is 9.73 Å². The fraction of sp³-hybridized carbons (Fsp3) is 0.0800. The average Bonchev–Trinajstić information content (AvgIpc) is 3.17. The molecule has 0 aliphatic rings. The van der Waals surface area contributed by atoms with Crippen LogP contribution in [0.1, 0.15) is 12.2 Å². The van der Waals surface area contributed by atoms with Gasteiger partial charge in [0.05, 0.1) is 11.0 Å². The smallest absolute Gasteiger partial charge is 0.336 e. The van der Waals surface area contributed by atoms with Crippen LogP contribution in [0.5, 0.6) is 0 Å². The summed E-state index contributed by atoms with van der Waals surface area (Å²) in [7, 11) is 0. The van der Waals surface area contributed by atoms with Gasteiger partial charge in [-0.3, -0.25) is 9.36 Å². The van der Waals surface area contributed by atoms with Crippen LogP contribution in [0.2, 0.25) is 0 Å². The predicted octanol–water partition coefficient (Wildman–Crippen LogP) is 4.70. The number of para-hydroxylation sites is 3. The topological polar surface area (TPSA) is 77.1 Å². The van der Waals surface area contributed by atoms with Crippen molar-refractivity contribution in [3.63, 3.8) is 0 Å². The van der Waals surface area contributed by atoms with Crippen molar-refractivity contribution in [1.82, 2.24) is 9.55 Å². The molecule has 0 unspecified atom stereocenters. The Morgan fingerprint density at radius 3 is 2.61 bits per heavy atom. The minimum Gasteiger partial charge on any atom is -0.423 e. The van der Waals surface area contributed by atoms with Crippen LogP contribution in [0.25, 0.3) is 27.7 Å². The minimum absolute atomic E-state index is 0.108. The molecule has 0 saturated carbocycles. The van der Waals surface area contributed by atoms with E-state index in [0.717, 1.165) is 27.9 Å². The lowest BCUT2D eigenvalue weighted by molar-refractivity contribution is -0.116. The van der Waals surface area contributed by atoms with Gasteiger partial charge in [0, 0.05) is 35.7 Å². The number of imidazole rings is 1. The van der Waals surface area contributed by atoms with E-state index in [2.05, 4.69) is 9.88 Å². The number of anilines is 1. The number of benzene rings is 3. The zero-order chi connectivity index (χ0) is 21.2. The van der Waals surface area contributed by atoms with Crippen molar-refractivity contribution < 1.29 is 9.21 Å². The fourth-order valence-corrected chi connectivity index (χ4v) is 3.71. The summed E-state index contributed by atoms with van der Waals surface area (Å²) >= 11 is 0. The zero-order valence-corrected chi connectivity index (χ0v) is 16.6. The Morgan fingerprint density at radius 1 is 0.935 bits per heavy atom. The highest BCUT2D eigenvalue weighted by Crippen LogP contribution is 2.23. The Labute approximate surface area is 177 Å². The van der Waals surface area contributed by atoms with Crippen LogP contribution in [-0.4, -0.2) is 15.5 Å². The number of aromatic nitrogens is 2. The predicted molar refractivity (Wildman–Crippen MR) is 121 cm³/mol. The second kappa shape index (κ2) is 7.91. The van der Waals surface area contributed by atoms with E-state index >= 15 is 0 Å². The first-order valence-electron chi connectivity index (χ1n) is 10.0. The number of fused-ring (bicyclic) bond motifs is 2. The molecule has 1 amide bonds. The van der Waals surface area contributed by atoms with E-state index in [9.17, 15) is 9.59 Å². The minimum atomic E-state index is -0.398. The van der Waals surface area contributed by atoms with Crippen molar-refractivity contribution in [3.8, 4) is 5.69 Å². The van der Waals surface area contributed by atoms with Crippen LogP contribution in [0.15, 0.2) is 94.1 Å². The highest BCUT2D eigenvalue weighted by molar-refractivity contribution is 5.93. The van der Waals surface area contributed by atoms with Crippen LogP contribution >= 0.6 is 0 Å². The standard InChI is InChI=1S/C25H19N3O3/c29-24(26-18-11-12-22-17(16-18)10-15-25(30)31-22)14-13-23-27-20-8-4-5-9-21(20)28(23)19-6-2-1-3-7-19/h1-12,15-16H,13-14H2,(H,26,29). The van der Waals surface area contributed by atoms with E-state index in [-0.39, 0.29) is 12.3 Å². The molecule has 0 aliphatic heterocycles. The zero-order valence-electron chi connectivity index (χ0n) is 16.6. The molecular formula is C25H19N3O3. The second-order valence-electron chi connectivity index (χ2n) is 7.24. The summed E-state index contributed by atoms with van der Waals surface area (Å²) in [5.41, 5.74) is 3.68. The fourth-order valence-electron chi connectivity index (χ4n) is 3.71. The van der Waals surface area contributed by atoms with Crippen LogP contribution < -0.4 is 10.9 Å². The van der Waals surface area contributed by atoms with E-state index in [4.69, 9.17) is 9.40 Å². The third-order valence-corrected chi connectivity index (χ3v) is 5.12. The molecule has 0 aliphatic carbocycles. The van der Waals surface area contributed by atoms with Crippen LogP contribution in [0, 0.1) is 0 Å². The van der Waals surface area contributed by atoms with Crippen molar-refractivity contribution in [3.05, 3.63) is 101 Å². The molecule has 5 aromatic rings. The Morgan fingerprint density at radius 2 is 1.74 bits per heavy atom. The van der Waals surface area contributed by atoms with Crippen LogP contribution in [0.3, 0.4) is 0 Å². The lowest BCUT2D eigenvalue weighted by Gasteiger charge is -2.10. The summed E-state index contributed by atoms with van der Waals surface area (Å²) in [6, 6.07) is 26.2. The summed E-state index contributed by atoms with van der Waals surface area (Å²) in [6.45, 7) is 0.